The van der Waals surface area contributed by atoms with Gasteiger partial charge in [0.15, 0.2) is 5.78 Å². The maximum absolute atomic E-state index is 13.7. The minimum absolute atomic E-state index is 0.0650. The second-order valence-corrected chi connectivity index (χ2v) is 8.37. The highest BCUT2D eigenvalue weighted by atomic mass is 16.6. The topological polar surface area (TPSA) is 134 Å². The predicted octanol–water partition coefficient (Wildman–Crippen LogP) is 2.62. The fourth-order valence-corrected chi connectivity index (χ4v) is 5.05. The van der Waals surface area contributed by atoms with Crippen molar-refractivity contribution in [3.63, 3.8) is 0 Å². The van der Waals surface area contributed by atoms with E-state index in [1.54, 1.807) is 41.4 Å². The Hall–Kier alpha value is -4.78. The van der Waals surface area contributed by atoms with E-state index < -0.39 is 46.4 Å². The van der Waals surface area contributed by atoms with Gasteiger partial charge in [-0.3, -0.25) is 24.5 Å². The number of non-ortho nitro benzene ring substituents is 1. The summed E-state index contributed by atoms with van der Waals surface area (Å²) in [5.41, 5.74) is 0.474. The molecular weight excluding hydrogens is 452 g/mol. The third-order valence-electron chi connectivity index (χ3n) is 6.62. The molecule has 174 valence electrons. The minimum atomic E-state index is -1.07. The number of amides is 2. The molecule has 10 heteroatoms. The number of carbonyl (C=O) groups is 3. The molecule has 2 saturated heterocycles. The number of imide groups is 1. The van der Waals surface area contributed by atoms with Crippen molar-refractivity contribution < 1.29 is 24.0 Å². The highest BCUT2D eigenvalue weighted by molar-refractivity contribution is 6.24. The second kappa shape index (κ2) is 8.22. The molecule has 0 unspecified atom stereocenters. The summed E-state index contributed by atoms with van der Waals surface area (Å²) in [6, 6.07) is 12.0. The molecule has 35 heavy (non-hydrogen) atoms. The first-order valence-electron chi connectivity index (χ1n) is 10.7. The quantitative estimate of drug-likeness (QED) is 0.282. The monoisotopic (exact) mass is 470 g/mol. The summed E-state index contributed by atoms with van der Waals surface area (Å²) in [7, 11) is 1.50. The lowest BCUT2D eigenvalue weighted by molar-refractivity contribution is -0.384. The van der Waals surface area contributed by atoms with E-state index in [1.165, 1.54) is 31.4 Å². The molecule has 0 radical (unpaired) electrons. The van der Waals surface area contributed by atoms with Crippen molar-refractivity contribution in [2.45, 2.75) is 12.1 Å². The van der Waals surface area contributed by atoms with E-state index >= 15 is 0 Å². The van der Waals surface area contributed by atoms with Crippen LogP contribution in [0.25, 0.3) is 0 Å². The smallest absolute Gasteiger partial charge is 0.270 e. The van der Waals surface area contributed by atoms with E-state index in [1.807, 2.05) is 6.07 Å². The van der Waals surface area contributed by atoms with Gasteiger partial charge >= 0.3 is 0 Å². The van der Waals surface area contributed by atoms with Gasteiger partial charge in [0.2, 0.25) is 11.8 Å². The summed E-state index contributed by atoms with van der Waals surface area (Å²) in [5, 5.41) is 20.6. The third-order valence-corrected chi connectivity index (χ3v) is 6.62. The SMILES string of the molecule is COc1ccc(N2C(=O)[C@@H]3[C@H](C2=O)[C@H]2C=C(C#N)C=CN2[C@@H]3C(=O)c2cccc([N+](=O)[O-])c2)cc1. The van der Waals surface area contributed by atoms with Crippen molar-refractivity contribution in [3.8, 4) is 11.8 Å². The van der Waals surface area contributed by atoms with E-state index in [9.17, 15) is 29.8 Å². The van der Waals surface area contributed by atoms with Gasteiger partial charge in [-0.1, -0.05) is 12.1 Å². The zero-order chi connectivity index (χ0) is 24.9. The van der Waals surface area contributed by atoms with Gasteiger partial charge in [0.25, 0.3) is 5.69 Å². The molecule has 3 heterocycles. The van der Waals surface area contributed by atoms with Crippen molar-refractivity contribution >= 4 is 29.0 Å². The van der Waals surface area contributed by atoms with Crippen molar-refractivity contribution in [1.82, 2.24) is 4.90 Å². The molecular formula is C25H18N4O6. The minimum Gasteiger partial charge on any atom is -0.497 e. The molecule has 10 nitrogen and oxygen atoms in total. The number of fused-ring (bicyclic) bond motifs is 3. The van der Waals surface area contributed by atoms with Crippen LogP contribution in [-0.4, -0.2) is 46.6 Å². The number of nitrogens with zero attached hydrogens (tertiary/aromatic N) is 4. The van der Waals surface area contributed by atoms with Crippen LogP contribution in [0, 0.1) is 33.3 Å². The molecule has 2 fully saturated rings. The molecule has 4 atom stereocenters. The zero-order valence-electron chi connectivity index (χ0n) is 18.4. The zero-order valence-corrected chi connectivity index (χ0v) is 18.4. The summed E-state index contributed by atoms with van der Waals surface area (Å²) in [4.78, 5) is 54.2. The van der Waals surface area contributed by atoms with E-state index in [2.05, 4.69) is 0 Å². The third kappa shape index (κ3) is 3.36. The van der Waals surface area contributed by atoms with Crippen LogP contribution in [0.3, 0.4) is 0 Å². The van der Waals surface area contributed by atoms with E-state index in [-0.39, 0.29) is 11.3 Å². The van der Waals surface area contributed by atoms with Crippen LogP contribution >= 0.6 is 0 Å². The summed E-state index contributed by atoms with van der Waals surface area (Å²) >= 11 is 0. The molecule has 3 aliphatic heterocycles. The van der Waals surface area contributed by atoms with Crippen molar-refractivity contribution in [2.75, 3.05) is 12.0 Å². The number of benzene rings is 2. The first kappa shape index (κ1) is 22.0. The number of anilines is 1. The molecule has 0 aromatic heterocycles. The summed E-state index contributed by atoms with van der Waals surface area (Å²) < 4.78 is 5.15. The largest absolute Gasteiger partial charge is 0.497 e. The Morgan fingerprint density at radius 3 is 2.49 bits per heavy atom. The van der Waals surface area contributed by atoms with Crippen molar-refractivity contribution in [2.24, 2.45) is 11.8 Å². The van der Waals surface area contributed by atoms with Crippen LogP contribution in [0.2, 0.25) is 0 Å². The lowest BCUT2D eigenvalue weighted by Crippen LogP contribution is -2.46. The molecule has 5 rings (SSSR count). The van der Waals surface area contributed by atoms with Crippen LogP contribution in [0.15, 0.2) is 72.5 Å². The molecule has 2 aromatic carbocycles. The Kier molecular flexibility index (Phi) is 5.17. The molecule has 0 spiro atoms. The number of nitro benzene ring substituents is 1. The maximum atomic E-state index is 13.7. The van der Waals surface area contributed by atoms with Crippen LogP contribution in [0.4, 0.5) is 11.4 Å². The molecule has 3 aliphatic rings. The molecule has 2 aromatic rings. The van der Waals surface area contributed by atoms with Crippen LogP contribution < -0.4 is 9.64 Å². The number of rotatable bonds is 5. The van der Waals surface area contributed by atoms with Gasteiger partial charge < -0.3 is 9.64 Å². The number of nitriles is 1. The first-order valence-corrected chi connectivity index (χ1v) is 10.7. The van der Waals surface area contributed by atoms with Gasteiger partial charge in [0, 0.05) is 23.9 Å². The summed E-state index contributed by atoms with van der Waals surface area (Å²) in [6.07, 6.45) is 4.64. The number of ketones is 1. The van der Waals surface area contributed by atoms with Gasteiger partial charge in [-0.25, -0.2) is 4.90 Å². The Bertz CT molecular complexity index is 1370. The Morgan fingerprint density at radius 2 is 1.83 bits per heavy atom. The van der Waals surface area contributed by atoms with Crippen LogP contribution in [0.5, 0.6) is 5.75 Å². The maximum Gasteiger partial charge on any atom is 0.270 e. The predicted molar refractivity (Wildman–Crippen MR) is 122 cm³/mol. The van der Waals surface area contributed by atoms with Crippen molar-refractivity contribution in [3.05, 3.63) is 88.1 Å². The summed E-state index contributed by atoms with van der Waals surface area (Å²) in [5.74, 6) is -2.90. The Morgan fingerprint density at radius 1 is 1.11 bits per heavy atom. The molecule has 0 aliphatic carbocycles. The standard InChI is InChI=1S/C25H18N4O6/c1-35-18-7-5-16(6-8-18)28-24(31)20-19-11-14(13-26)9-10-27(19)22(21(20)25(28)32)23(30)15-3-2-4-17(12-15)29(33)34/h2-12,19-22H,1H3/t19-,20-,21-,22+/m1/s1. The first-order chi connectivity index (χ1) is 16.8. The second-order valence-electron chi connectivity index (χ2n) is 8.37. The Balaban J connectivity index is 1.59. The molecule has 0 bridgehead atoms. The fraction of sp³-hybridized carbons (Fsp3) is 0.200. The van der Waals surface area contributed by atoms with E-state index in [4.69, 9.17) is 4.74 Å². The number of ether oxygens (including phenoxy) is 1. The normalized spacial score (nSPS) is 24.5. The highest BCUT2D eigenvalue weighted by Gasteiger charge is 2.63. The lowest BCUT2D eigenvalue weighted by Gasteiger charge is -2.32. The fourth-order valence-electron chi connectivity index (χ4n) is 5.05. The number of Topliss-reactive ketones (excluding diaryl/α,β-unsaturated/α-hetero) is 1. The average Bonchev–Trinajstić information content (AvgIpc) is 3.35. The number of carbonyl (C=O) groups excluding carboxylic acids is 3. The average molecular weight is 470 g/mol. The summed E-state index contributed by atoms with van der Waals surface area (Å²) in [6.45, 7) is 0. The number of hydrogen-bond acceptors (Lipinski definition) is 8. The van der Waals surface area contributed by atoms with Gasteiger partial charge in [0.05, 0.1) is 47.2 Å². The molecule has 0 saturated carbocycles. The Labute approximate surface area is 199 Å². The molecule has 2 amide bonds. The number of nitro groups is 1. The highest BCUT2D eigenvalue weighted by Crippen LogP contribution is 2.47. The molecule has 0 N–H and O–H groups in total. The number of allylic oxidation sites excluding steroid dienone is 2. The van der Waals surface area contributed by atoms with Gasteiger partial charge in [-0.15, -0.1) is 0 Å². The van der Waals surface area contributed by atoms with Crippen LogP contribution in [0.1, 0.15) is 10.4 Å². The van der Waals surface area contributed by atoms with Gasteiger partial charge in [-0.2, -0.15) is 5.26 Å². The lowest BCUT2D eigenvalue weighted by atomic mass is 9.86. The van der Waals surface area contributed by atoms with Crippen LogP contribution in [-0.2, 0) is 9.59 Å². The van der Waals surface area contributed by atoms with Crippen molar-refractivity contribution in [1.29, 1.82) is 5.26 Å². The van der Waals surface area contributed by atoms with E-state index in [0.717, 1.165) is 11.0 Å². The number of hydrogen-bond donors (Lipinski definition) is 0. The van der Waals surface area contributed by atoms with Gasteiger partial charge in [-0.05, 0) is 36.4 Å². The van der Waals surface area contributed by atoms with E-state index in [0.29, 0.717) is 17.0 Å². The number of methoxy groups -OCH3 is 1. The van der Waals surface area contributed by atoms with Gasteiger partial charge in [0.1, 0.15) is 11.8 Å².